The Bertz CT molecular complexity index is 549. The summed E-state index contributed by atoms with van der Waals surface area (Å²) < 4.78 is 1.95. The van der Waals surface area contributed by atoms with Gasteiger partial charge >= 0.3 is 148 Å². The number of rotatable bonds is 5. The van der Waals surface area contributed by atoms with Crippen molar-refractivity contribution in [1.82, 2.24) is 0 Å². The molecule has 0 spiro atoms. The van der Waals surface area contributed by atoms with Crippen LogP contribution in [0.4, 0.5) is 0 Å². The van der Waals surface area contributed by atoms with Crippen molar-refractivity contribution >= 4 is 19.8 Å². The van der Waals surface area contributed by atoms with E-state index in [1.807, 2.05) is 0 Å². The van der Waals surface area contributed by atoms with Crippen LogP contribution < -0.4 is 24.8 Å². The molecule has 2 rings (SSSR count). The number of allylic oxidation sites excluding steroid dienone is 7. The van der Waals surface area contributed by atoms with Gasteiger partial charge in [0.05, 0.1) is 0 Å². The Kier molecular flexibility index (Phi) is 9.84. The molecule has 0 amide bonds. The molecule has 0 aromatic heterocycles. The Balaban J connectivity index is 0.00000242. The van der Waals surface area contributed by atoms with Crippen molar-refractivity contribution in [3.05, 3.63) is 44.5 Å². The van der Waals surface area contributed by atoms with Crippen molar-refractivity contribution in [2.75, 3.05) is 5.75 Å². The van der Waals surface area contributed by atoms with Gasteiger partial charge in [0.15, 0.2) is 0 Å². The third kappa shape index (κ3) is 4.51. The predicted molar refractivity (Wildman–Crippen MR) is 95.9 cm³/mol. The summed E-state index contributed by atoms with van der Waals surface area (Å²) in [6.45, 7) is 12.1. The van der Waals surface area contributed by atoms with E-state index in [0.717, 1.165) is 6.42 Å². The zero-order valence-electron chi connectivity index (χ0n) is 14.8. The topological polar surface area (TPSA) is 0 Å². The first-order valence-electron chi connectivity index (χ1n) is 7.96. The summed E-state index contributed by atoms with van der Waals surface area (Å²) in [6, 6.07) is 0. The monoisotopic (exact) mass is 421 g/mol. The minimum Gasteiger partial charge on any atom is -1.00 e. The molecule has 0 aromatic rings. The van der Waals surface area contributed by atoms with Gasteiger partial charge in [-0.3, -0.25) is 0 Å². The molecule has 23 heavy (non-hydrogen) atoms. The van der Waals surface area contributed by atoms with Crippen molar-refractivity contribution in [2.45, 2.75) is 57.5 Å². The Morgan fingerprint density at radius 1 is 1.26 bits per heavy atom. The average molecular weight is 422 g/mol. The molecule has 2 aliphatic carbocycles. The number of halogens is 2. The van der Waals surface area contributed by atoms with Gasteiger partial charge in [0.25, 0.3) is 0 Å². The Labute approximate surface area is 172 Å². The predicted octanol–water partition coefficient (Wildman–Crippen LogP) is -0.280. The molecule has 2 aliphatic rings. The van der Waals surface area contributed by atoms with Crippen molar-refractivity contribution < 1.29 is 45.2 Å². The van der Waals surface area contributed by atoms with E-state index in [0.29, 0.717) is 4.37 Å². The molecule has 0 fully saturated rings. The molecular formula is C18H27Cl2SSiTi. The summed E-state index contributed by atoms with van der Waals surface area (Å²) in [6.07, 6.45) is 13.4. The minimum absolute atomic E-state index is 0. The number of hydrogen-bond acceptors (Lipinski definition) is 1. The van der Waals surface area contributed by atoms with Gasteiger partial charge in [0, 0.05) is 0 Å². The summed E-state index contributed by atoms with van der Waals surface area (Å²) >= 11 is 4.57. The van der Waals surface area contributed by atoms with Crippen LogP contribution in [0.25, 0.3) is 0 Å². The van der Waals surface area contributed by atoms with Crippen molar-refractivity contribution in [3.8, 4) is 0 Å². The first-order chi connectivity index (χ1) is 9.85. The van der Waals surface area contributed by atoms with Crippen LogP contribution in [0.15, 0.2) is 44.5 Å². The van der Waals surface area contributed by atoms with Gasteiger partial charge < -0.3 is 24.8 Å². The molecule has 0 saturated heterocycles. The molecule has 127 valence electrons. The van der Waals surface area contributed by atoms with Crippen LogP contribution in [0, 0.1) is 0 Å². The summed E-state index contributed by atoms with van der Waals surface area (Å²) in [7, 11) is -1.57. The molecule has 1 unspecified atom stereocenters. The zero-order chi connectivity index (χ0) is 15.7. The quantitative estimate of drug-likeness (QED) is 0.550. The second kappa shape index (κ2) is 9.50. The van der Waals surface area contributed by atoms with Crippen LogP contribution in [0.1, 0.15) is 40.0 Å². The van der Waals surface area contributed by atoms with Crippen molar-refractivity contribution in [1.29, 1.82) is 0 Å². The molecule has 0 aromatic carbocycles. The fraction of sp³-hybridized carbons (Fsp3) is 0.556. The molecular weight excluding hydrogens is 395 g/mol. The maximum absolute atomic E-state index is 2.59. The maximum Gasteiger partial charge on any atom is -1.00 e. The largest absolute Gasteiger partial charge is 1.00 e. The Morgan fingerprint density at radius 2 is 1.91 bits per heavy atom. The van der Waals surface area contributed by atoms with Crippen LogP contribution in [0.2, 0.25) is 13.1 Å². The number of thioether (sulfide) groups is 1. The average Bonchev–Trinajstić information content (AvgIpc) is 2.85. The van der Waals surface area contributed by atoms with Gasteiger partial charge in [-0.25, -0.2) is 0 Å². The third-order valence-electron chi connectivity index (χ3n) is 4.96. The minimum atomic E-state index is -1.57. The van der Waals surface area contributed by atoms with Crippen LogP contribution in [-0.4, -0.2) is 18.2 Å². The van der Waals surface area contributed by atoms with E-state index in [2.05, 4.69) is 90.4 Å². The standard InChI is InChI=1S/C18H27SSi.2ClH.Ti/c1-6-13-19-18(12-11-15(2)14-16(18)3)20(4,5)17-9-7-8-10-17;;;/h7,9,11,14H,6,8,12-13H2,1-5H3;2*1H;/q;;;+2/p-2. The maximum atomic E-state index is 2.59. The fourth-order valence-electron chi connectivity index (χ4n) is 3.67. The van der Waals surface area contributed by atoms with Gasteiger partial charge in [-0.15, -0.1) is 0 Å². The van der Waals surface area contributed by atoms with Gasteiger partial charge in [0.2, 0.25) is 0 Å². The molecule has 5 heteroatoms. The summed E-state index contributed by atoms with van der Waals surface area (Å²) in [5, 5.41) is 1.70. The summed E-state index contributed by atoms with van der Waals surface area (Å²) in [5.41, 5.74) is 3.05. The number of hydrogen-bond donors (Lipinski definition) is 0. The van der Waals surface area contributed by atoms with E-state index >= 15 is 0 Å². The van der Waals surface area contributed by atoms with Crippen molar-refractivity contribution in [3.63, 3.8) is 0 Å². The summed E-state index contributed by atoms with van der Waals surface area (Å²) in [5.74, 6) is 1.27. The molecule has 0 radical (unpaired) electrons. The van der Waals surface area contributed by atoms with E-state index in [9.17, 15) is 0 Å². The summed E-state index contributed by atoms with van der Waals surface area (Å²) in [4.78, 5) is 0. The SMILES string of the molecule is CCCSC1([Si](C)(C)C2=[C]([Ti+2])CC=C2)CC=C(C)C=C1C.[Cl-].[Cl-]. The van der Waals surface area contributed by atoms with E-state index in [1.165, 1.54) is 24.2 Å². The molecule has 1 atom stereocenters. The molecule has 0 bridgehead atoms. The van der Waals surface area contributed by atoms with Gasteiger partial charge in [-0.1, -0.05) is 0 Å². The van der Waals surface area contributed by atoms with Crippen LogP contribution in [0.5, 0.6) is 0 Å². The second-order valence-corrected chi connectivity index (χ2v) is 14.1. The zero-order valence-corrected chi connectivity index (χ0v) is 19.7. The van der Waals surface area contributed by atoms with Crippen LogP contribution in [-0.2, 0) is 20.4 Å². The smallest absolute Gasteiger partial charge is 1.00 e. The first kappa shape index (κ1) is 23.8. The second-order valence-electron chi connectivity index (χ2n) is 6.78. The third-order valence-corrected chi connectivity index (χ3v) is 14.1. The molecule has 0 N–H and O–H groups in total. The van der Waals surface area contributed by atoms with E-state index < -0.39 is 8.07 Å². The van der Waals surface area contributed by atoms with Crippen LogP contribution in [0.3, 0.4) is 0 Å². The van der Waals surface area contributed by atoms with E-state index in [-0.39, 0.29) is 24.8 Å². The van der Waals surface area contributed by atoms with Gasteiger partial charge in [0.1, 0.15) is 0 Å². The van der Waals surface area contributed by atoms with Gasteiger partial charge in [-0.05, 0) is 0 Å². The van der Waals surface area contributed by atoms with E-state index in [1.54, 1.807) is 14.6 Å². The normalized spacial score (nSPS) is 24.0. The van der Waals surface area contributed by atoms with Crippen LogP contribution >= 0.6 is 11.8 Å². The molecule has 0 saturated carbocycles. The van der Waals surface area contributed by atoms with Crippen molar-refractivity contribution in [2.24, 2.45) is 0 Å². The Morgan fingerprint density at radius 3 is 2.39 bits per heavy atom. The fourth-order valence-corrected chi connectivity index (χ4v) is 12.1. The van der Waals surface area contributed by atoms with Gasteiger partial charge in [-0.2, -0.15) is 0 Å². The molecule has 0 heterocycles. The molecule has 0 nitrogen and oxygen atoms in total. The molecule has 0 aliphatic heterocycles. The first-order valence-corrected chi connectivity index (χ1v) is 12.7. The Hall–Kier alpha value is 0.821. The van der Waals surface area contributed by atoms with E-state index in [4.69, 9.17) is 0 Å².